The summed E-state index contributed by atoms with van der Waals surface area (Å²) in [6.07, 6.45) is 1.74. The van der Waals surface area contributed by atoms with Crippen molar-refractivity contribution in [2.75, 3.05) is 32.8 Å². The van der Waals surface area contributed by atoms with E-state index in [0.29, 0.717) is 31.8 Å². The third-order valence-corrected chi connectivity index (χ3v) is 6.16. The number of para-hydroxylation sites is 1. The molecular weight excluding hydrogens is 400 g/mol. The van der Waals surface area contributed by atoms with Crippen molar-refractivity contribution in [2.24, 2.45) is 0 Å². The van der Waals surface area contributed by atoms with Gasteiger partial charge in [0, 0.05) is 31.7 Å². The minimum atomic E-state index is -0.810. The third kappa shape index (κ3) is 7.51. The lowest BCUT2D eigenvalue weighted by molar-refractivity contribution is -0.0621. The van der Waals surface area contributed by atoms with Crippen LogP contribution in [0.5, 0.6) is 11.5 Å². The molecule has 0 aromatic heterocycles. The normalized spacial score (nSPS) is 19.6. The van der Waals surface area contributed by atoms with E-state index in [1.807, 2.05) is 30.3 Å². The van der Waals surface area contributed by atoms with Crippen LogP contribution in [0.3, 0.4) is 0 Å². The van der Waals surface area contributed by atoms with Gasteiger partial charge in [-0.1, -0.05) is 30.3 Å². The van der Waals surface area contributed by atoms with Gasteiger partial charge in [0.1, 0.15) is 30.3 Å². The lowest BCUT2D eigenvalue weighted by Crippen LogP contribution is -2.51. The highest BCUT2D eigenvalue weighted by Gasteiger charge is 2.34. The number of rotatable bonds is 11. The molecule has 5 heteroatoms. The van der Waals surface area contributed by atoms with E-state index in [9.17, 15) is 5.11 Å². The summed E-state index contributed by atoms with van der Waals surface area (Å²) < 4.78 is 11.8. The molecule has 176 valence electrons. The Bertz CT molecular complexity index is 786. The predicted octanol–water partition coefficient (Wildman–Crippen LogP) is 4.59. The second-order valence-corrected chi connectivity index (χ2v) is 9.56. The van der Waals surface area contributed by atoms with Gasteiger partial charge >= 0.3 is 0 Å². The number of benzene rings is 2. The molecule has 3 rings (SSSR count). The molecule has 32 heavy (non-hydrogen) atoms. The van der Waals surface area contributed by atoms with Crippen LogP contribution < -0.4 is 9.47 Å². The number of aliphatic hydroxyl groups is 1. The van der Waals surface area contributed by atoms with Crippen LogP contribution in [0.4, 0.5) is 0 Å². The molecular formula is C27H40N2O3. The maximum absolute atomic E-state index is 11.1. The van der Waals surface area contributed by atoms with Gasteiger partial charge in [0.2, 0.25) is 0 Å². The molecule has 1 atom stereocenters. The fourth-order valence-electron chi connectivity index (χ4n) is 4.52. The zero-order valence-corrected chi connectivity index (χ0v) is 20.2. The van der Waals surface area contributed by atoms with E-state index in [4.69, 9.17) is 9.47 Å². The van der Waals surface area contributed by atoms with Crippen LogP contribution in [0, 0.1) is 0 Å². The Morgan fingerprint density at radius 1 is 0.938 bits per heavy atom. The minimum absolute atomic E-state index is 0.323. The van der Waals surface area contributed by atoms with Crippen molar-refractivity contribution in [1.82, 2.24) is 9.80 Å². The number of piperidine rings is 1. The van der Waals surface area contributed by atoms with Crippen LogP contribution in [0.15, 0.2) is 54.6 Å². The first-order chi connectivity index (χ1) is 15.3. The smallest absolute Gasteiger partial charge is 0.119 e. The fourth-order valence-corrected chi connectivity index (χ4v) is 4.52. The summed E-state index contributed by atoms with van der Waals surface area (Å²) >= 11 is 0. The maximum atomic E-state index is 11.1. The largest absolute Gasteiger partial charge is 0.492 e. The molecule has 1 saturated heterocycles. The van der Waals surface area contributed by atoms with Crippen LogP contribution >= 0.6 is 0 Å². The summed E-state index contributed by atoms with van der Waals surface area (Å²) in [5.74, 6) is 1.71. The van der Waals surface area contributed by atoms with Crippen molar-refractivity contribution in [3.63, 3.8) is 0 Å². The van der Waals surface area contributed by atoms with Crippen molar-refractivity contribution >= 4 is 0 Å². The van der Waals surface area contributed by atoms with E-state index >= 15 is 0 Å². The zero-order chi connectivity index (χ0) is 23.0. The van der Waals surface area contributed by atoms with Crippen molar-refractivity contribution in [1.29, 1.82) is 0 Å². The van der Waals surface area contributed by atoms with Crippen molar-refractivity contribution in [2.45, 2.75) is 64.8 Å². The number of β-amino-alcohol motifs (C(OH)–C–C–N with tert-alkyl or cyclic N) is 1. The lowest BCUT2D eigenvalue weighted by Gasteiger charge is -2.39. The Hall–Kier alpha value is -2.08. The molecule has 2 aromatic carbocycles. The minimum Gasteiger partial charge on any atom is -0.492 e. The highest BCUT2D eigenvalue weighted by molar-refractivity contribution is 5.27. The number of nitrogens with zero attached hydrogens (tertiary/aromatic N) is 2. The lowest BCUT2D eigenvalue weighted by atomic mass is 9.93. The summed E-state index contributed by atoms with van der Waals surface area (Å²) in [5.41, 5.74) is 0.423. The van der Waals surface area contributed by atoms with Crippen LogP contribution in [-0.2, 0) is 6.54 Å². The number of likely N-dealkylation sites (tertiary alicyclic amines) is 1. The number of ether oxygens (including phenoxy) is 2. The summed E-state index contributed by atoms with van der Waals surface area (Å²) in [5, 5.41) is 11.1. The molecule has 0 bridgehead atoms. The van der Waals surface area contributed by atoms with Crippen molar-refractivity contribution < 1.29 is 14.6 Å². The SMILES string of the molecule is CC(C)N(CCOc1ccc(CN2CCC[C@](O)(COc3ccccc3)C2)cc1)C(C)C. The first-order valence-electron chi connectivity index (χ1n) is 11.9. The van der Waals surface area contributed by atoms with E-state index < -0.39 is 5.60 Å². The van der Waals surface area contributed by atoms with E-state index in [2.05, 4.69) is 61.8 Å². The molecule has 1 fully saturated rings. The van der Waals surface area contributed by atoms with Gasteiger partial charge in [0.25, 0.3) is 0 Å². The van der Waals surface area contributed by atoms with Crippen molar-refractivity contribution in [3.8, 4) is 11.5 Å². The second kappa shape index (κ2) is 11.7. The molecule has 0 spiro atoms. The predicted molar refractivity (Wildman–Crippen MR) is 130 cm³/mol. The summed E-state index contributed by atoms with van der Waals surface area (Å²) in [6.45, 7) is 13.3. The maximum Gasteiger partial charge on any atom is 0.119 e. The number of hydrogen-bond acceptors (Lipinski definition) is 5. The molecule has 1 heterocycles. The van der Waals surface area contributed by atoms with Gasteiger partial charge in [-0.05, 0) is 76.9 Å². The summed E-state index contributed by atoms with van der Waals surface area (Å²) in [4.78, 5) is 4.75. The quantitative estimate of drug-likeness (QED) is 0.554. The molecule has 1 aliphatic rings. The van der Waals surface area contributed by atoms with Crippen molar-refractivity contribution in [3.05, 3.63) is 60.2 Å². The van der Waals surface area contributed by atoms with E-state index in [-0.39, 0.29) is 0 Å². The monoisotopic (exact) mass is 440 g/mol. The summed E-state index contributed by atoms with van der Waals surface area (Å²) in [6, 6.07) is 19.1. The molecule has 1 aliphatic heterocycles. The standard InChI is InChI=1S/C27H40N2O3/c1-22(2)29(23(3)4)17-18-31-26-13-11-24(12-14-26)19-28-16-8-15-27(30,20-28)21-32-25-9-6-5-7-10-25/h5-7,9-14,22-23,30H,8,15-21H2,1-4H3/t27-/m1/s1. The first kappa shape index (κ1) is 24.6. The van der Waals surface area contributed by atoms with Gasteiger partial charge < -0.3 is 14.6 Å². The van der Waals surface area contributed by atoms with Gasteiger partial charge in [-0.3, -0.25) is 9.80 Å². The van der Waals surface area contributed by atoms with Gasteiger partial charge in [0.15, 0.2) is 0 Å². The molecule has 0 aliphatic carbocycles. The molecule has 0 saturated carbocycles. The number of hydrogen-bond donors (Lipinski definition) is 1. The average Bonchev–Trinajstić information content (AvgIpc) is 2.77. The highest BCUT2D eigenvalue weighted by atomic mass is 16.5. The van der Waals surface area contributed by atoms with Crippen LogP contribution in [0.2, 0.25) is 0 Å². The fraction of sp³-hybridized carbons (Fsp3) is 0.556. The molecule has 2 aromatic rings. The van der Waals surface area contributed by atoms with Crippen LogP contribution in [-0.4, -0.2) is 65.4 Å². The van der Waals surface area contributed by atoms with Gasteiger partial charge in [0.05, 0.1) is 0 Å². The Kier molecular flexibility index (Phi) is 8.97. The van der Waals surface area contributed by atoms with Gasteiger partial charge in [-0.25, -0.2) is 0 Å². The zero-order valence-electron chi connectivity index (χ0n) is 20.2. The molecule has 1 N–H and O–H groups in total. The first-order valence-corrected chi connectivity index (χ1v) is 11.9. The Morgan fingerprint density at radius 2 is 1.59 bits per heavy atom. The molecule has 5 nitrogen and oxygen atoms in total. The van der Waals surface area contributed by atoms with Gasteiger partial charge in [-0.15, -0.1) is 0 Å². The van der Waals surface area contributed by atoms with E-state index in [1.54, 1.807) is 0 Å². The average molecular weight is 441 g/mol. The Morgan fingerprint density at radius 3 is 2.25 bits per heavy atom. The second-order valence-electron chi connectivity index (χ2n) is 9.56. The highest BCUT2D eigenvalue weighted by Crippen LogP contribution is 2.24. The van der Waals surface area contributed by atoms with Crippen LogP contribution in [0.25, 0.3) is 0 Å². The molecule has 0 radical (unpaired) electrons. The van der Waals surface area contributed by atoms with Crippen LogP contribution in [0.1, 0.15) is 46.1 Å². The molecule has 0 unspecified atom stereocenters. The Balaban J connectivity index is 1.46. The topological polar surface area (TPSA) is 45.2 Å². The Labute approximate surface area is 193 Å². The van der Waals surface area contributed by atoms with E-state index in [1.165, 1.54) is 5.56 Å². The van der Waals surface area contributed by atoms with Gasteiger partial charge in [-0.2, -0.15) is 0 Å². The van der Waals surface area contributed by atoms with E-state index in [0.717, 1.165) is 44.0 Å². The third-order valence-electron chi connectivity index (χ3n) is 6.16. The molecule has 0 amide bonds. The summed E-state index contributed by atoms with van der Waals surface area (Å²) in [7, 11) is 0.